The molecule has 2 aromatic carbocycles. The lowest BCUT2D eigenvalue weighted by atomic mass is 10.0. The minimum atomic E-state index is -3.52. The molecule has 1 N–H and O–H groups in total. The van der Waals surface area contributed by atoms with Gasteiger partial charge in [0.2, 0.25) is 10.0 Å². The van der Waals surface area contributed by atoms with E-state index in [9.17, 15) is 12.8 Å². The number of fused-ring (bicyclic) bond motifs is 1. The van der Waals surface area contributed by atoms with Gasteiger partial charge < -0.3 is 4.74 Å². The topological polar surface area (TPSA) is 55.4 Å². The summed E-state index contributed by atoms with van der Waals surface area (Å²) in [5.74, 6) is -0.564. The van der Waals surface area contributed by atoms with E-state index in [0.717, 1.165) is 0 Å². The average Bonchev–Trinajstić information content (AvgIpc) is 2.94. The summed E-state index contributed by atoms with van der Waals surface area (Å²) in [5, 5.41) is 0. The molecule has 0 radical (unpaired) electrons. The zero-order valence-electron chi connectivity index (χ0n) is 13.5. The van der Waals surface area contributed by atoms with Gasteiger partial charge >= 0.3 is 0 Å². The molecule has 0 aromatic heterocycles. The molecule has 0 fully saturated rings. The van der Waals surface area contributed by atoms with Crippen LogP contribution >= 0.6 is 0 Å². The van der Waals surface area contributed by atoms with Crippen molar-refractivity contribution in [3.05, 3.63) is 71.0 Å². The van der Waals surface area contributed by atoms with Gasteiger partial charge in [0.25, 0.3) is 0 Å². The van der Waals surface area contributed by atoms with Crippen LogP contribution in [0.2, 0.25) is 0 Å². The third kappa shape index (κ3) is 3.83. The largest absolute Gasteiger partial charge is 0.376 e. The van der Waals surface area contributed by atoms with Crippen LogP contribution in [-0.2, 0) is 33.4 Å². The minimum absolute atomic E-state index is 0.181. The summed E-state index contributed by atoms with van der Waals surface area (Å²) in [6.45, 7) is 0.210. The normalized spacial score (nSPS) is 16.1. The van der Waals surface area contributed by atoms with Crippen molar-refractivity contribution in [1.29, 1.82) is 0 Å². The van der Waals surface area contributed by atoms with E-state index in [1.807, 2.05) is 24.3 Å². The van der Waals surface area contributed by atoms with Gasteiger partial charge in [-0.25, -0.2) is 17.5 Å². The molecule has 128 valence electrons. The van der Waals surface area contributed by atoms with E-state index in [1.165, 1.54) is 35.4 Å². The Morgan fingerprint density at radius 3 is 2.21 bits per heavy atom. The summed E-state index contributed by atoms with van der Waals surface area (Å²) in [4.78, 5) is 0. The molecular formula is C18H20FNO3S. The van der Waals surface area contributed by atoms with Crippen LogP contribution in [0.5, 0.6) is 0 Å². The van der Waals surface area contributed by atoms with E-state index in [2.05, 4.69) is 4.72 Å². The molecule has 0 heterocycles. The maximum absolute atomic E-state index is 12.9. The van der Waals surface area contributed by atoms with Crippen LogP contribution in [0.4, 0.5) is 4.39 Å². The van der Waals surface area contributed by atoms with E-state index in [1.54, 1.807) is 7.11 Å². The molecule has 0 bridgehead atoms. The van der Waals surface area contributed by atoms with Gasteiger partial charge in [0.05, 0.1) is 11.4 Å². The highest BCUT2D eigenvalue weighted by Crippen LogP contribution is 2.32. The van der Waals surface area contributed by atoms with Gasteiger partial charge in [-0.05, 0) is 28.8 Å². The third-order valence-corrected chi connectivity index (χ3v) is 5.76. The Kier molecular flexibility index (Phi) is 4.71. The Bertz CT molecular complexity index is 793. The van der Waals surface area contributed by atoms with E-state index in [-0.39, 0.29) is 18.1 Å². The van der Waals surface area contributed by atoms with Crippen molar-refractivity contribution in [2.75, 3.05) is 13.7 Å². The summed E-state index contributed by atoms with van der Waals surface area (Å²) < 4.78 is 45.9. The number of methoxy groups -OCH3 is 1. The van der Waals surface area contributed by atoms with Crippen LogP contribution in [-0.4, -0.2) is 27.7 Å². The number of halogens is 1. The highest BCUT2D eigenvalue weighted by molar-refractivity contribution is 7.88. The standard InChI is InChI=1S/C18H20FNO3S/c1-23-18(10-15-4-2-3-5-16(15)11-18)13-20-24(21,22)12-14-6-8-17(19)9-7-14/h2-9,20H,10-13H2,1H3. The Labute approximate surface area is 141 Å². The summed E-state index contributed by atoms with van der Waals surface area (Å²) in [6.07, 6.45) is 1.36. The van der Waals surface area contributed by atoms with Crippen molar-refractivity contribution in [3.63, 3.8) is 0 Å². The van der Waals surface area contributed by atoms with E-state index in [4.69, 9.17) is 4.74 Å². The molecule has 0 atom stereocenters. The van der Waals surface area contributed by atoms with Crippen molar-refractivity contribution in [1.82, 2.24) is 4.72 Å². The number of benzene rings is 2. The summed E-state index contributed by atoms with van der Waals surface area (Å²) in [5.41, 5.74) is 2.37. The van der Waals surface area contributed by atoms with E-state index >= 15 is 0 Å². The smallest absolute Gasteiger partial charge is 0.215 e. The summed E-state index contributed by atoms with van der Waals surface area (Å²) >= 11 is 0. The maximum Gasteiger partial charge on any atom is 0.215 e. The predicted octanol–water partition coefficient (Wildman–Crippen LogP) is 2.43. The fraction of sp³-hybridized carbons (Fsp3) is 0.333. The quantitative estimate of drug-likeness (QED) is 0.871. The first-order valence-corrected chi connectivity index (χ1v) is 9.40. The number of sulfonamides is 1. The molecule has 3 rings (SSSR count). The van der Waals surface area contributed by atoms with Gasteiger partial charge in [-0.1, -0.05) is 36.4 Å². The highest BCUT2D eigenvalue weighted by Gasteiger charge is 2.38. The fourth-order valence-electron chi connectivity index (χ4n) is 3.09. The summed E-state index contributed by atoms with van der Waals surface area (Å²) in [6, 6.07) is 13.5. The molecule has 1 aliphatic carbocycles. The van der Waals surface area contributed by atoms with Crippen LogP contribution in [0.15, 0.2) is 48.5 Å². The van der Waals surface area contributed by atoms with Crippen LogP contribution in [0.1, 0.15) is 16.7 Å². The molecule has 0 aliphatic heterocycles. The number of nitrogens with one attached hydrogen (secondary N) is 1. The number of hydrogen-bond acceptors (Lipinski definition) is 3. The van der Waals surface area contributed by atoms with Crippen molar-refractivity contribution in [3.8, 4) is 0 Å². The Morgan fingerprint density at radius 1 is 1.08 bits per heavy atom. The van der Waals surface area contributed by atoms with Gasteiger partial charge in [-0.2, -0.15) is 0 Å². The zero-order valence-corrected chi connectivity index (χ0v) is 14.3. The monoisotopic (exact) mass is 349 g/mol. The number of ether oxygens (including phenoxy) is 1. The van der Waals surface area contributed by atoms with Crippen molar-refractivity contribution in [2.24, 2.45) is 0 Å². The Morgan fingerprint density at radius 2 is 1.67 bits per heavy atom. The molecule has 0 amide bonds. The lowest BCUT2D eigenvalue weighted by Crippen LogP contribution is -2.45. The second-order valence-corrected chi connectivity index (χ2v) is 8.02. The maximum atomic E-state index is 12.9. The lowest BCUT2D eigenvalue weighted by molar-refractivity contribution is 0.00377. The fourth-order valence-corrected chi connectivity index (χ4v) is 4.31. The molecule has 1 aliphatic rings. The first kappa shape index (κ1) is 17.1. The second kappa shape index (κ2) is 6.63. The van der Waals surface area contributed by atoms with Gasteiger partial charge in [0.15, 0.2) is 0 Å². The molecule has 4 nitrogen and oxygen atoms in total. The average molecular weight is 349 g/mol. The molecule has 0 saturated heterocycles. The first-order valence-electron chi connectivity index (χ1n) is 7.75. The first-order chi connectivity index (χ1) is 11.4. The van der Waals surface area contributed by atoms with E-state index in [0.29, 0.717) is 18.4 Å². The molecule has 6 heteroatoms. The highest BCUT2D eigenvalue weighted by atomic mass is 32.2. The number of hydrogen-bond donors (Lipinski definition) is 1. The van der Waals surface area contributed by atoms with Crippen LogP contribution in [0.3, 0.4) is 0 Å². The second-order valence-electron chi connectivity index (χ2n) is 6.22. The molecule has 2 aromatic rings. The third-order valence-electron chi connectivity index (χ3n) is 4.46. The van der Waals surface area contributed by atoms with Crippen molar-refractivity contribution in [2.45, 2.75) is 24.2 Å². The van der Waals surface area contributed by atoms with Gasteiger partial charge in [0, 0.05) is 26.5 Å². The van der Waals surface area contributed by atoms with Crippen LogP contribution in [0.25, 0.3) is 0 Å². The summed E-state index contributed by atoms with van der Waals surface area (Å²) in [7, 11) is -1.91. The number of rotatable bonds is 6. The van der Waals surface area contributed by atoms with Crippen LogP contribution in [0, 0.1) is 5.82 Å². The lowest BCUT2D eigenvalue weighted by Gasteiger charge is -2.27. The molecule has 0 unspecified atom stereocenters. The van der Waals surface area contributed by atoms with E-state index < -0.39 is 15.6 Å². The molecule has 24 heavy (non-hydrogen) atoms. The van der Waals surface area contributed by atoms with Gasteiger partial charge in [0.1, 0.15) is 5.82 Å². The van der Waals surface area contributed by atoms with Gasteiger partial charge in [-0.15, -0.1) is 0 Å². The molecule has 0 spiro atoms. The Hall–Kier alpha value is -1.76. The van der Waals surface area contributed by atoms with Gasteiger partial charge in [-0.3, -0.25) is 0 Å². The van der Waals surface area contributed by atoms with Crippen molar-refractivity contribution < 1.29 is 17.5 Å². The molecule has 0 saturated carbocycles. The SMILES string of the molecule is COC1(CNS(=O)(=O)Cc2ccc(F)cc2)Cc2ccccc2C1. The van der Waals surface area contributed by atoms with Crippen molar-refractivity contribution >= 4 is 10.0 Å². The van der Waals surface area contributed by atoms with Crippen LogP contribution < -0.4 is 4.72 Å². The minimum Gasteiger partial charge on any atom is -0.376 e. The molecular weight excluding hydrogens is 329 g/mol. The zero-order chi connectivity index (χ0) is 17.2. The predicted molar refractivity (Wildman–Crippen MR) is 90.6 cm³/mol. The Balaban J connectivity index is 1.66.